The van der Waals surface area contributed by atoms with Crippen LogP contribution in [0.1, 0.15) is 34.5 Å². The number of carbonyl (C=O) groups is 1. The van der Waals surface area contributed by atoms with Crippen LogP contribution < -0.4 is 5.32 Å². The number of rotatable bonds is 5. The van der Waals surface area contributed by atoms with Gasteiger partial charge in [-0.3, -0.25) is 4.79 Å². The Bertz CT molecular complexity index is 549. The fourth-order valence-electron chi connectivity index (χ4n) is 1.81. The molecule has 0 atom stereocenters. The van der Waals surface area contributed by atoms with Crippen LogP contribution in [0.5, 0.6) is 0 Å². The molecule has 1 aromatic heterocycles. The second-order valence-corrected chi connectivity index (χ2v) is 5.58. The molecule has 0 saturated carbocycles. The Morgan fingerprint density at radius 2 is 2.05 bits per heavy atom. The Balaban J connectivity index is 2.02. The molecule has 2 rings (SSSR count). The average molecular weight is 274 g/mol. The molecule has 0 bridgehead atoms. The Morgan fingerprint density at radius 3 is 2.74 bits per heavy atom. The summed E-state index contributed by atoms with van der Waals surface area (Å²) in [4.78, 5) is 17.0. The van der Waals surface area contributed by atoms with Gasteiger partial charge in [-0.25, -0.2) is 4.98 Å². The molecular formula is C15H18N2OS. The molecule has 19 heavy (non-hydrogen) atoms. The number of nitrogens with zero attached hydrogens (tertiary/aromatic N) is 1. The summed E-state index contributed by atoms with van der Waals surface area (Å²) in [6, 6.07) is 10.4. The standard InChI is InChI=1S/C15H18N2OS/c1-3-14(18)16-10-15-17-11(2)13(19-15)9-12-7-5-4-6-8-12/h4-8H,3,9-10H2,1-2H3,(H,16,18). The van der Waals surface area contributed by atoms with Crippen LogP contribution in [0, 0.1) is 6.92 Å². The van der Waals surface area contributed by atoms with E-state index in [1.54, 1.807) is 11.3 Å². The predicted molar refractivity (Wildman–Crippen MR) is 78.2 cm³/mol. The lowest BCUT2D eigenvalue weighted by Gasteiger charge is -1.99. The molecule has 1 amide bonds. The first-order valence-electron chi connectivity index (χ1n) is 6.45. The number of thiazole rings is 1. The van der Waals surface area contributed by atoms with Crippen molar-refractivity contribution in [3.63, 3.8) is 0 Å². The molecule has 0 saturated heterocycles. The van der Waals surface area contributed by atoms with Gasteiger partial charge in [-0.15, -0.1) is 11.3 Å². The van der Waals surface area contributed by atoms with Gasteiger partial charge in [-0.2, -0.15) is 0 Å². The number of hydrogen-bond acceptors (Lipinski definition) is 3. The van der Waals surface area contributed by atoms with Crippen molar-refractivity contribution < 1.29 is 4.79 Å². The van der Waals surface area contributed by atoms with Gasteiger partial charge in [0.1, 0.15) is 5.01 Å². The topological polar surface area (TPSA) is 42.0 Å². The van der Waals surface area contributed by atoms with Gasteiger partial charge < -0.3 is 5.32 Å². The largest absolute Gasteiger partial charge is 0.350 e. The maximum atomic E-state index is 11.2. The monoisotopic (exact) mass is 274 g/mol. The van der Waals surface area contributed by atoms with Crippen molar-refractivity contribution in [2.45, 2.75) is 33.2 Å². The summed E-state index contributed by atoms with van der Waals surface area (Å²) >= 11 is 1.68. The summed E-state index contributed by atoms with van der Waals surface area (Å²) in [5.41, 5.74) is 2.35. The molecule has 0 unspecified atom stereocenters. The molecule has 1 aromatic carbocycles. The van der Waals surface area contributed by atoms with Crippen molar-refractivity contribution in [2.75, 3.05) is 0 Å². The van der Waals surface area contributed by atoms with Crippen LogP contribution in [0.25, 0.3) is 0 Å². The normalized spacial score (nSPS) is 10.4. The quantitative estimate of drug-likeness (QED) is 0.910. The SMILES string of the molecule is CCC(=O)NCc1nc(C)c(Cc2ccccc2)s1. The fraction of sp³-hybridized carbons (Fsp3) is 0.333. The fourth-order valence-corrected chi connectivity index (χ4v) is 2.85. The first-order chi connectivity index (χ1) is 9.19. The third-order valence-corrected chi connectivity index (χ3v) is 4.06. The van der Waals surface area contributed by atoms with E-state index in [0.717, 1.165) is 17.1 Å². The Kier molecular flexibility index (Phi) is 4.68. The third kappa shape index (κ3) is 3.89. The molecule has 100 valence electrons. The second-order valence-electron chi connectivity index (χ2n) is 4.41. The maximum absolute atomic E-state index is 11.2. The van der Waals surface area contributed by atoms with Crippen LogP contribution in [0.2, 0.25) is 0 Å². The van der Waals surface area contributed by atoms with Gasteiger partial charge in [0.05, 0.1) is 12.2 Å². The molecule has 0 fully saturated rings. The summed E-state index contributed by atoms with van der Waals surface area (Å²) in [6.07, 6.45) is 1.42. The van der Waals surface area contributed by atoms with Crippen molar-refractivity contribution in [1.29, 1.82) is 0 Å². The zero-order valence-electron chi connectivity index (χ0n) is 11.3. The molecule has 0 aliphatic heterocycles. The highest BCUT2D eigenvalue weighted by Crippen LogP contribution is 2.21. The van der Waals surface area contributed by atoms with E-state index in [-0.39, 0.29) is 5.91 Å². The van der Waals surface area contributed by atoms with Crippen molar-refractivity contribution in [3.05, 3.63) is 51.5 Å². The molecule has 3 nitrogen and oxygen atoms in total. The molecule has 0 spiro atoms. The zero-order chi connectivity index (χ0) is 13.7. The summed E-state index contributed by atoms with van der Waals surface area (Å²) in [7, 11) is 0. The van der Waals surface area contributed by atoms with Gasteiger partial charge >= 0.3 is 0 Å². The van der Waals surface area contributed by atoms with Gasteiger partial charge in [0, 0.05) is 17.7 Å². The van der Waals surface area contributed by atoms with Gasteiger partial charge in [0.25, 0.3) is 0 Å². The summed E-state index contributed by atoms with van der Waals surface area (Å²) in [6.45, 7) is 4.41. The number of nitrogens with one attached hydrogen (secondary N) is 1. The molecule has 1 N–H and O–H groups in total. The van der Waals surface area contributed by atoms with Crippen molar-refractivity contribution in [3.8, 4) is 0 Å². The maximum Gasteiger partial charge on any atom is 0.220 e. The zero-order valence-corrected chi connectivity index (χ0v) is 12.1. The van der Waals surface area contributed by atoms with E-state index in [1.165, 1.54) is 10.4 Å². The van der Waals surface area contributed by atoms with Crippen LogP contribution in [-0.2, 0) is 17.8 Å². The van der Waals surface area contributed by atoms with E-state index in [9.17, 15) is 4.79 Å². The van der Waals surface area contributed by atoms with E-state index in [0.29, 0.717) is 13.0 Å². The summed E-state index contributed by atoms with van der Waals surface area (Å²) in [5.74, 6) is 0.0671. The molecule has 0 radical (unpaired) electrons. The van der Waals surface area contributed by atoms with E-state index < -0.39 is 0 Å². The lowest BCUT2D eigenvalue weighted by atomic mass is 10.1. The van der Waals surface area contributed by atoms with E-state index in [1.807, 2.05) is 32.0 Å². The molecule has 1 heterocycles. The molecular weight excluding hydrogens is 256 g/mol. The van der Waals surface area contributed by atoms with Crippen molar-refractivity contribution in [1.82, 2.24) is 10.3 Å². The number of aryl methyl sites for hydroxylation is 1. The number of benzene rings is 1. The smallest absolute Gasteiger partial charge is 0.220 e. The van der Waals surface area contributed by atoms with Crippen LogP contribution >= 0.6 is 11.3 Å². The summed E-state index contributed by atoms with van der Waals surface area (Å²) < 4.78 is 0. The van der Waals surface area contributed by atoms with Gasteiger partial charge in [0.15, 0.2) is 0 Å². The molecule has 2 aromatic rings. The highest BCUT2D eigenvalue weighted by Gasteiger charge is 2.08. The Hall–Kier alpha value is -1.68. The minimum absolute atomic E-state index is 0.0671. The van der Waals surface area contributed by atoms with Gasteiger partial charge in [0.2, 0.25) is 5.91 Å². The lowest BCUT2D eigenvalue weighted by molar-refractivity contribution is -0.120. The number of hydrogen-bond donors (Lipinski definition) is 1. The minimum Gasteiger partial charge on any atom is -0.350 e. The van der Waals surface area contributed by atoms with E-state index >= 15 is 0 Å². The van der Waals surface area contributed by atoms with Crippen LogP contribution in [-0.4, -0.2) is 10.9 Å². The minimum atomic E-state index is 0.0671. The third-order valence-electron chi connectivity index (χ3n) is 2.90. The van der Waals surface area contributed by atoms with Crippen LogP contribution in [0.15, 0.2) is 30.3 Å². The Morgan fingerprint density at radius 1 is 1.32 bits per heavy atom. The first kappa shape index (κ1) is 13.7. The second kappa shape index (κ2) is 6.48. The van der Waals surface area contributed by atoms with Crippen LogP contribution in [0.4, 0.5) is 0 Å². The Labute approximate surface area is 117 Å². The van der Waals surface area contributed by atoms with Crippen molar-refractivity contribution >= 4 is 17.2 Å². The van der Waals surface area contributed by atoms with E-state index in [2.05, 4.69) is 22.4 Å². The van der Waals surface area contributed by atoms with E-state index in [4.69, 9.17) is 0 Å². The highest BCUT2D eigenvalue weighted by atomic mass is 32.1. The molecule has 0 aliphatic carbocycles. The number of amides is 1. The average Bonchev–Trinajstić information content (AvgIpc) is 2.78. The molecule has 4 heteroatoms. The predicted octanol–water partition coefficient (Wildman–Crippen LogP) is 3.07. The summed E-state index contributed by atoms with van der Waals surface area (Å²) in [5, 5.41) is 3.84. The molecule has 0 aliphatic rings. The number of carbonyl (C=O) groups excluding carboxylic acids is 1. The van der Waals surface area contributed by atoms with Gasteiger partial charge in [-0.1, -0.05) is 37.3 Å². The van der Waals surface area contributed by atoms with Crippen LogP contribution in [0.3, 0.4) is 0 Å². The van der Waals surface area contributed by atoms with Crippen molar-refractivity contribution in [2.24, 2.45) is 0 Å². The highest BCUT2D eigenvalue weighted by molar-refractivity contribution is 7.11. The lowest BCUT2D eigenvalue weighted by Crippen LogP contribution is -2.21. The van der Waals surface area contributed by atoms with Gasteiger partial charge in [-0.05, 0) is 12.5 Å². The first-order valence-corrected chi connectivity index (χ1v) is 7.26. The number of aromatic nitrogens is 1.